The van der Waals surface area contributed by atoms with Gasteiger partial charge in [-0.05, 0) is 53.3 Å². The standard InChI is InChI=1S/C13H16N2O2.C8H5IO4/c1-2-3-9-11-12(16)14-15(13(11)17)10-7-5-4-6-8-10;9-5-3-1-2-4(7(10)11)6(5)8(12)13/h4-8,11H,2-3,9H2,1H3,(H,14,16);1-3H,(H,10,11)(H,12,13). The van der Waals surface area contributed by atoms with Crippen molar-refractivity contribution < 1.29 is 29.4 Å². The lowest BCUT2D eigenvalue weighted by Gasteiger charge is -2.14. The second kappa shape index (κ2) is 10.7. The summed E-state index contributed by atoms with van der Waals surface area (Å²) in [7, 11) is 0. The van der Waals surface area contributed by atoms with Gasteiger partial charge in [-0.3, -0.25) is 15.0 Å². The lowest BCUT2D eigenvalue weighted by molar-refractivity contribution is -0.127. The maximum atomic E-state index is 12.1. The predicted octanol–water partition coefficient (Wildman–Crippen LogP) is 3.56. The number of carbonyl (C=O) groups is 4. The van der Waals surface area contributed by atoms with Crippen molar-refractivity contribution in [3.05, 3.63) is 63.2 Å². The minimum absolute atomic E-state index is 0.144. The molecule has 1 aliphatic heterocycles. The van der Waals surface area contributed by atoms with E-state index in [0.29, 0.717) is 15.7 Å². The Morgan fingerprint density at radius 1 is 1.03 bits per heavy atom. The fourth-order valence-corrected chi connectivity index (χ4v) is 3.59. The monoisotopic (exact) mass is 524 g/mol. The maximum Gasteiger partial charge on any atom is 0.337 e. The molecule has 0 radical (unpaired) electrons. The van der Waals surface area contributed by atoms with Crippen molar-refractivity contribution in [2.45, 2.75) is 26.2 Å². The first-order valence-electron chi connectivity index (χ1n) is 9.22. The van der Waals surface area contributed by atoms with Gasteiger partial charge < -0.3 is 10.2 Å². The molecule has 2 amide bonds. The van der Waals surface area contributed by atoms with Gasteiger partial charge in [-0.2, -0.15) is 0 Å². The van der Waals surface area contributed by atoms with Crippen LogP contribution in [0, 0.1) is 9.49 Å². The third kappa shape index (κ3) is 5.56. The number of benzene rings is 2. The van der Waals surface area contributed by atoms with Gasteiger partial charge >= 0.3 is 11.9 Å². The molecule has 0 aliphatic carbocycles. The Balaban J connectivity index is 0.000000222. The van der Waals surface area contributed by atoms with Crippen LogP contribution in [0.4, 0.5) is 5.69 Å². The number of aromatic carboxylic acids is 2. The molecular formula is C21H21IN2O6. The van der Waals surface area contributed by atoms with E-state index in [0.717, 1.165) is 12.8 Å². The van der Waals surface area contributed by atoms with Gasteiger partial charge in [0.2, 0.25) is 0 Å². The van der Waals surface area contributed by atoms with Gasteiger partial charge in [0, 0.05) is 3.57 Å². The zero-order valence-electron chi connectivity index (χ0n) is 16.2. The van der Waals surface area contributed by atoms with E-state index in [4.69, 9.17) is 10.2 Å². The van der Waals surface area contributed by atoms with Crippen molar-refractivity contribution in [1.82, 2.24) is 5.43 Å². The number of carbonyl (C=O) groups excluding carboxylic acids is 2. The Bertz CT molecular complexity index is 948. The van der Waals surface area contributed by atoms with E-state index in [1.54, 1.807) is 40.8 Å². The summed E-state index contributed by atoms with van der Waals surface area (Å²) < 4.78 is 0.421. The molecule has 1 atom stereocenters. The molecule has 30 heavy (non-hydrogen) atoms. The molecule has 2 aromatic carbocycles. The Hall–Kier alpha value is -2.95. The number of nitrogens with zero attached hydrogens (tertiary/aromatic N) is 1. The molecule has 9 heteroatoms. The molecule has 1 aliphatic rings. The number of rotatable bonds is 6. The van der Waals surface area contributed by atoms with Crippen molar-refractivity contribution >= 4 is 52.0 Å². The van der Waals surface area contributed by atoms with Crippen LogP contribution >= 0.6 is 22.6 Å². The van der Waals surface area contributed by atoms with Crippen LogP contribution in [0.1, 0.15) is 46.9 Å². The third-order valence-corrected chi connectivity index (χ3v) is 5.27. The normalized spacial score (nSPS) is 15.3. The van der Waals surface area contributed by atoms with Crippen LogP contribution in [-0.4, -0.2) is 34.0 Å². The highest BCUT2D eigenvalue weighted by Gasteiger charge is 2.39. The molecule has 0 bridgehead atoms. The first-order valence-corrected chi connectivity index (χ1v) is 10.3. The molecular weight excluding hydrogens is 503 g/mol. The fraction of sp³-hybridized carbons (Fsp3) is 0.238. The van der Waals surface area contributed by atoms with Gasteiger partial charge in [0.15, 0.2) is 0 Å². The Kier molecular flexibility index (Phi) is 8.34. The second-order valence-electron chi connectivity index (χ2n) is 6.45. The predicted molar refractivity (Wildman–Crippen MR) is 118 cm³/mol. The van der Waals surface area contributed by atoms with Crippen molar-refractivity contribution in [2.75, 3.05) is 5.01 Å². The fourth-order valence-electron chi connectivity index (χ4n) is 2.86. The summed E-state index contributed by atoms with van der Waals surface area (Å²) in [4.78, 5) is 45.1. The molecule has 3 rings (SSSR count). The molecule has 0 aromatic heterocycles. The topological polar surface area (TPSA) is 124 Å². The molecule has 1 saturated heterocycles. The van der Waals surface area contributed by atoms with E-state index in [1.807, 2.05) is 25.1 Å². The van der Waals surface area contributed by atoms with Gasteiger partial charge in [-0.1, -0.05) is 44.0 Å². The smallest absolute Gasteiger partial charge is 0.337 e. The minimum atomic E-state index is -1.23. The van der Waals surface area contributed by atoms with E-state index in [-0.39, 0.29) is 22.9 Å². The molecule has 1 unspecified atom stereocenters. The highest BCUT2D eigenvalue weighted by Crippen LogP contribution is 2.23. The van der Waals surface area contributed by atoms with E-state index in [2.05, 4.69) is 5.43 Å². The highest BCUT2D eigenvalue weighted by molar-refractivity contribution is 14.1. The number of hydrogen-bond donors (Lipinski definition) is 3. The van der Waals surface area contributed by atoms with Crippen LogP contribution in [-0.2, 0) is 9.59 Å². The molecule has 1 heterocycles. The molecule has 2 aromatic rings. The van der Waals surface area contributed by atoms with E-state index >= 15 is 0 Å². The van der Waals surface area contributed by atoms with E-state index in [1.165, 1.54) is 17.1 Å². The largest absolute Gasteiger partial charge is 0.478 e. The molecule has 0 spiro atoms. The third-order valence-electron chi connectivity index (χ3n) is 4.38. The first kappa shape index (κ1) is 23.3. The molecule has 8 nitrogen and oxygen atoms in total. The highest BCUT2D eigenvalue weighted by atomic mass is 127. The Morgan fingerprint density at radius 3 is 2.23 bits per heavy atom. The minimum Gasteiger partial charge on any atom is -0.478 e. The number of hydrogen-bond acceptors (Lipinski definition) is 4. The molecule has 158 valence electrons. The number of carboxylic acid groups (broad SMARTS) is 2. The van der Waals surface area contributed by atoms with Crippen LogP contribution in [0.3, 0.4) is 0 Å². The van der Waals surface area contributed by atoms with Gasteiger partial charge in [-0.25, -0.2) is 14.6 Å². The SMILES string of the molecule is CCCCC1C(=O)NN(c2ccccc2)C1=O.O=C(O)c1cccc(I)c1C(=O)O. The van der Waals surface area contributed by atoms with Crippen molar-refractivity contribution in [3.63, 3.8) is 0 Å². The zero-order chi connectivity index (χ0) is 22.3. The van der Waals surface area contributed by atoms with Crippen LogP contribution < -0.4 is 10.4 Å². The molecule has 1 fully saturated rings. The van der Waals surface area contributed by atoms with E-state index in [9.17, 15) is 19.2 Å². The summed E-state index contributed by atoms with van der Waals surface area (Å²) in [5, 5.41) is 18.7. The van der Waals surface area contributed by atoms with Crippen molar-refractivity contribution in [3.8, 4) is 0 Å². The van der Waals surface area contributed by atoms with Crippen molar-refractivity contribution in [1.29, 1.82) is 0 Å². The van der Waals surface area contributed by atoms with Gasteiger partial charge in [0.05, 0.1) is 16.8 Å². The van der Waals surface area contributed by atoms with Crippen LogP contribution in [0.5, 0.6) is 0 Å². The summed E-state index contributed by atoms with van der Waals surface area (Å²) in [6, 6.07) is 13.5. The molecule has 0 saturated carbocycles. The van der Waals surface area contributed by atoms with Crippen LogP contribution in [0.2, 0.25) is 0 Å². The average Bonchev–Trinajstić information content (AvgIpc) is 3.00. The van der Waals surface area contributed by atoms with Gasteiger partial charge in [0.25, 0.3) is 11.8 Å². The maximum absolute atomic E-state index is 12.1. The number of unbranched alkanes of at least 4 members (excludes halogenated alkanes) is 1. The van der Waals surface area contributed by atoms with Gasteiger partial charge in [-0.15, -0.1) is 0 Å². The van der Waals surface area contributed by atoms with Crippen LogP contribution in [0.25, 0.3) is 0 Å². The van der Waals surface area contributed by atoms with Crippen LogP contribution in [0.15, 0.2) is 48.5 Å². The number of para-hydroxylation sites is 1. The lowest BCUT2D eigenvalue weighted by atomic mass is 10.0. The lowest BCUT2D eigenvalue weighted by Crippen LogP contribution is -2.35. The molecule has 3 N–H and O–H groups in total. The quantitative estimate of drug-likeness (QED) is 0.392. The average molecular weight is 524 g/mol. The number of carboxylic acids is 2. The number of anilines is 1. The number of amides is 2. The van der Waals surface area contributed by atoms with E-state index < -0.39 is 17.9 Å². The Labute approximate surface area is 187 Å². The first-order chi connectivity index (χ1) is 14.3. The number of hydrazine groups is 1. The zero-order valence-corrected chi connectivity index (χ0v) is 18.3. The Morgan fingerprint density at radius 2 is 1.70 bits per heavy atom. The summed E-state index contributed by atoms with van der Waals surface area (Å²) in [6.45, 7) is 2.05. The summed E-state index contributed by atoms with van der Waals surface area (Å²) in [5.74, 6) is -3.30. The second-order valence-corrected chi connectivity index (χ2v) is 7.61. The van der Waals surface area contributed by atoms with Gasteiger partial charge in [0.1, 0.15) is 5.92 Å². The van der Waals surface area contributed by atoms with Crippen molar-refractivity contribution in [2.24, 2.45) is 5.92 Å². The number of nitrogens with one attached hydrogen (secondary N) is 1. The summed E-state index contributed by atoms with van der Waals surface area (Å²) in [5.41, 5.74) is 3.00. The summed E-state index contributed by atoms with van der Waals surface area (Å²) in [6.07, 6.45) is 2.51. The number of halogens is 1. The summed E-state index contributed by atoms with van der Waals surface area (Å²) >= 11 is 1.79.